The van der Waals surface area contributed by atoms with E-state index in [2.05, 4.69) is 20.1 Å². The maximum Gasteiger partial charge on any atom is 0.397 e. The Morgan fingerprint density at radius 2 is 1.13 bits per heavy atom. The predicted molar refractivity (Wildman–Crippen MR) is 213 cm³/mol. The van der Waals surface area contributed by atoms with Gasteiger partial charge in [-0.3, -0.25) is 18.9 Å². The maximum absolute atomic E-state index is 12.4. The van der Waals surface area contributed by atoms with Crippen molar-refractivity contribution in [2.24, 2.45) is 0 Å². The number of nitrogens with one attached hydrogen (secondary N) is 3. The first-order valence-corrected chi connectivity index (χ1v) is 22.4. The molecule has 0 aromatic heterocycles. The molecule has 4 aliphatic heterocycles. The second kappa shape index (κ2) is 25.2. The van der Waals surface area contributed by atoms with Gasteiger partial charge in [0.25, 0.3) is 0 Å². The molecular weight excluding hydrogens is 954 g/mol. The van der Waals surface area contributed by atoms with E-state index in [0.717, 1.165) is 20.8 Å². The lowest BCUT2D eigenvalue weighted by Crippen LogP contribution is -2.69. The molecule has 0 unspecified atom stereocenters. The highest BCUT2D eigenvalue weighted by Crippen LogP contribution is 2.35. The minimum Gasteiger partial charge on any atom is -0.394 e. The summed E-state index contributed by atoms with van der Waals surface area (Å²) in [5.74, 6) is -2.48. The maximum atomic E-state index is 12.4. The zero-order valence-electron chi connectivity index (χ0n) is 36.8. The van der Waals surface area contributed by atoms with Crippen LogP contribution in [-0.2, 0) is 66.9 Å². The van der Waals surface area contributed by atoms with Crippen LogP contribution < -0.4 is 16.0 Å². The molecule has 31 nitrogen and oxygen atoms in total. The normalized spacial score (nSPS) is 40.9. The molecule has 3 amide bonds. The summed E-state index contributed by atoms with van der Waals surface area (Å²) in [6, 6.07) is -5.09. The first-order chi connectivity index (χ1) is 31.7. The zero-order chi connectivity index (χ0) is 51.1. The second-order valence-electron chi connectivity index (χ2n) is 16.5. The zero-order valence-corrected chi connectivity index (χ0v) is 37.6. The Labute approximate surface area is 387 Å². The van der Waals surface area contributed by atoms with Gasteiger partial charge in [-0.1, -0.05) is 0 Å². The second-order valence-corrected chi connectivity index (χ2v) is 17.6. The summed E-state index contributed by atoms with van der Waals surface area (Å²) in [6.07, 6.45) is -40.9. The first-order valence-electron chi connectivity index (χ1n) is 21.0. The molecule has 4 rings (SSSR count). The van der Waals surface area contributed by atoms with E-state index in [0.29, 0.717) is 0 Å². The highest BCUT2D eigenvalue weighted by atomic mass is 32.3. The highest BCUT2D eigenvalue weighted by molar-refractivity contribution is 7.80. The third-order valence-electron chi connectivity index (χ3n) is 11.3. The van der Waals surface area contributed by atoms with Crippen LogP contribution in [-0.4, -0.2) is 277 Å². The number of carbonyl (C=O) groups excluding carboxylic acids is 3. The van der Waals surface area contributed by atoms with Gasteiger partial charge < -0.3 is 120 Å². The van der Waals surface area contributed by atoms with E-state index in [4.69, 9.17) is 42.4 Å². The molecule has 4 saturated heterocycles. The van der Waals surface area contributed by atoms with Crippen molar-refractivity contribution in [3.05, 3.63) is 0 Å². The van der Waals surface area contributed by atoms with Crippen molar-refractivity contribution in [3.8, 4) is 0 Å². The van der Waals surface area contributed by atoms with E-state index in [1.54, 1.807) is 0 Å². The SMILES string of the molecule is CC(=O)N[C@H]1[C@@H](O[C@H]2[C@@H](O)[C@@H](CO)O[C@@H](O[C@@H]([C@@H](O)[C@H](O)CO[C@@H]3O[C@H](COS(=O)(=O)O)[C@@H](O)[C@H](O)[C@H]3NC(C)=O)[C@H](CO)NC(C)=O)[C@@H]2O[C@H]2O[C@H](C)[C@H](O)[C@H](O)[C@H]2O)O[C@H](CO)[C@H](O)[C@@H]1O. The van der Waals surface area contributed by atoms with Gasteiger partial charge in [0.15, 0.2) is 25.2 Å². The molecule has 396 valence electrons. The van der Waals surface area contributed by atoms with Gasteiger partial charge in [0, 0.05) is 20.8 Å². The largest absolute Gasteiger partial charge is 0.397 e. The van der Waals surface area contributed by atoms with Gasteiger partial charge in [-0.25, -0.2) is 4.18 Å². The van der Waals surface area contributed by atoms with Crippen LogP contribution >= 0.6 is 0 Å². The number of hydrogen-bond acceptors (Lipinski definition) is 27. The fourth-order valence-corrected chi connectivity index (χ4v) is 8.10. The van der Waals surface area contributed by atoms with Crippen molar-refractivity contribution < 1.29 is 136 Å². The minimum atomic E-state index is -5.11. The summed E-state index contributed by atoms with van der Waals surface area (Å²) in [7, 11) is -5.11. The summed E-state index contributed by atoms with van der Waals surface area (Å²) in [4.78, 5) is 36.7. The van der Waals surface area contributed by atoms with Gasteiger partial charge in [-0.15, -0.1) is 0 Å². The molecule has 4 aliphatic rings. The van der Waals surface area contributed by atoms with Crippen molar-refractivity contribution in [3.63, 3.8) is 0 Å². The molecule has 0 saturated carbocycles. The number of carbonyl (C=O) groups is 3. The monoisotopic (exact) mass is 1020 g/mol. The summed E-state index contributed by atoms with van der Waals surface area (Å²) < 4.78 is 82.0. The van der Waals surface area contributed by atoms with E-state index in [1.807, 2.05) is 0 Å². The predicted octanol–water partition coefficient (Wildman–Crippen LogP) is -11.0. The number of aliphatic hydroxyl groups is 13. The van der Waals surface area contributed by atoms with Crippen LogP contribution in [0.15, 0.2) is 0 Å². The van der Waals surface area contributed by atoms with Gasteiger partial charge >= 0.3 is 10.4 Å². The molecule has 0 aliphatic carbocycles. The number of aliphatic hydroxyl groups excluding tert-OH is 13. The van der Waals surface area contributed by atoms with Crippen molar-refractivity contribution in [1.29, 1.82) is 0 Å². The van der Waals surface area contributed by atoms with E-state index in [-0.39, 0.29) is 0 Å². The summed E-state index contributed by atoms with van der Waals surface area (Å²) in [5.41, 5.74) is 0. The Hall–Kier alpha value is -2.56. The first kappa shape index (κ1) is 58.0. The molecule has 24 atom stereocenters. The third kappa shape index (κ3) is 14.5. The Morgan fingerprint density at radius 1 is 0.618 bits per heavy atom. The molecule has 0 radical (unpaired) electrons. The van der Waals surface area contributed by atoms with Gasteiger partial charge in [0.05, 0.1) is 45.2 Å². The van der Waals surface area contributed by atoms with Crippen LogP contribution in [0, 0.1) is 0 Å². The lowest BCUT2D eigenvalue weighted by Gasteiger charge is -2.50. The molecule has 4 fully saturated rings. The summed E-state index contributed by atoms with van der Waals surface area (Å²) in [6.45, 7) is -1.04. The smallest absolute Gasteiger partial charge is 0.394 e. The summed E-state index contributed by atoms with van der Waals surface area (Å²) >= 11 is 0. The van der Waals surface area contributed by atoms with Crippen molar-refractivity contribution in [2.45, 2.75) is 175 Å². The highest BCUT2D eigenvalue weighted by Gasteiger charge is 2.56. The molecular formula is C36H63N3O28S. The Balaban J connectivity index is 1.75. The lowest BCUT2D eigenvalue weighted by atomic mass is 9.94. The topological polar surface area (TPSA) is 488 Å². The van der Waals surface area contributed by atoms with Crippen LogP contribution in [0.25, 0.3) is 0 Å². The van der Waals surface area contributed by atoms with Crippen LogP contribution in [0.2, 0.25) is 0 Å². The quantitative estimate of drug-likeness (QED) is 0.0475. The summed E-state index contributed by atoms with van der Waals surface area (Å²) in [5, 5.41) is 147. The van der Waals surface area contributed by atoms with Gasteiger partial charge in [-0.2, -0.15) is 8.42 Å². The van der Waals surface area contributed by atoms with E-state index in [1.165, 1.54) is 6.92 Å². The Bertz CT molecular complexity index is 1740. The third-order valence-corrected chi connectivity index (χ3v) is 11.8. The molecule has 0 aromatic carbocycles. The molecule has 0 bridgehead atoms. The fraction of sp³-hybridized carbons (Fsp3) is 0.917. The number of amides is 3. The van der Waals surface area contributed by atoms with Crippen LogP contribution in [0.5, 0.6) is 0 Å². The van der Waals surface area contributed by atoms with Crippen LogP contribution in [0.4, 0.5) is 0 Å². The van der Waals surface area contributed by atoms with E-state index in [9.17, 15) is 89.2 Å². The number of ether oxygens (including phenoxy) is 8. The Kier molecular flexibility index (Phi) is 21.5. The van der Waals surface area contributed by atoms with Crippen molar-refractivity contribution in [2.75, 3.05) is 33.0 Å². The fourth-order valence-electron chi connectivity index (χ4n) is 7.80. The molecule has 32 heteroatoms. The Morgan fingerprint density at radius 3 is 1.66 bits per heavy atom. The average Bonchev–Trinajstić information content (AvgIpc) is 3.26. The van der Waals surface area contributed by atoms with E-state index < -0.39 is 208 Å². The minimum absolute atomic E-state index is 0.802. The van der Waals surface area contributed by atoms with Crippen molar-refractivity contribution in [1.82, 2.24) is 16.0 Å². The lowest BCUT2D eigenvalue weighted by molar-refractivity contribution is -0.392. The van der Waals surface area contributed by atoms with Gasteiger partial charge in [-0.05, 0) is 6.92 Å². The molecule has 17 N–H and O–H groups in total. The molecule has 0 aromatic rings. The van der Waals surface area contributed by atoms with Crippen LogP contribution in [0.3, 0.4) is 0 Å². The molecule has 0 spiro atoms. The number of hydrogen-bond donors (Lipinski definition) is 17. The standard InChI is InChI=1S/C36H63N3O28S/c1-10-21(47)28(54)29(55)35(61-10)67-32-31(66-34-20(39-13(4)45)27(53)23(49)16(6-41)62-34)25(51)17(7-42)63-36(32)65-30(14(5-40)37-11(2)43)22(48)15(46)8-59-33-19(38-12(3)44)26(52)24(50)18(64-33)9-60-68(56,57)58/h10,14-36,40-42,46-55H,5-9H2,1-4H3,(H,37,43)(H,38,44)(H,39,45)(H,56,57,58)/t10-,14+,15-,16-,17-,18-,19-,20-,21+,22+,23+,24-,25+,26-,27-,28+,29-,30-,31+,32-,33-,34-,35-,36+/m1/s1. The average molecular weight is 1020 g/mol. The van der Waals surface area contributed by atoms with Gasteiger partial charge in [0.2, 0.25) is 17.7 Å². The molecule has 68 heavy (non-hydrogen) atoms. The van der Waals surface area contributed by atoms with Crippen LogP contribution in [0.1, 0.15) is 27.7 Å². The van der Waals surface area contributed by atoms with Gasteiger partial charge in [0.1, 0.15) is 110 Å². The molecule has 4 heterocycles. The number of rotatable bonds is 21. The van der Waals surface area contributed by atoms with E-state index >= 15 is 0 Å². The van der Waals surface area contributed by atoms with Crippen molar-refractivity contribution >= 4 is 28.1 Å².